The van der Waals surface area contributed by atoms with Crippen LogP contribution in [0.3, 0.4) is 0 Å². The Kier molecular flexibility index (Phi) is 7.43. The van der Waals surface area contributed by atoms with Crippen molar-refractivity contribution in [2.75, 3.05) is 0 Å². The van der Waals surface area contributed by atoms with Gasteiger partial charge in [-0.1, -0.05) is 176 Å². The van der Waals surface area contributed by atoms with Crippen molar-refractivity contribution < 1.29 is 0 Å². The number of hydrogen-bond acceptors (Lipinski definition) is 3. The lowest BCUT2D eigenvalue weighted by Gasteiger charge is -2.13. The van der Waals surface area contributed by atoms with Crippen molar-refractivity contribution in [2.24, 2.45) is 0 Å². The quantitative estimate of drug-likeness (QED) is 0.176. The van der Waals surface area contributed by atoms with E-state index < -0.39 is 0 Å². The average molecular weight is 677 g/mol. The van der Waals surface area contributed by atoms with Crippen molar-refractivity contribution in [3.8, 4) is 62.1 Å². The van der Waals surface area contributed by atoms with Gasteiger partial charge in [-0.25, -0.2) is 15.0 Å². The normalized spacial score (nSPS) is 11.4. The van der Waals surface area contributed by atoms with E-state index >= 15 is 0 Å². The van der Waals surface area contributed by atoms with E-state index in [0.29, 0.717) is 17.5 Å². The van der Waals surface area contributed by atoms with Crippen LogP contribution in [0.25, 0.3) is 94.7 Å². The minimum absolute atomic E-state index is 0.627. The zero-order chi connectivity index (χ0) is 35.1. The highest BCUT2D eigenvalue weighted by molar-refractivity contribution is 6.12. The molecule has 2 aromatic heterocycles. The number of aromatic nitrogens is 4. The Labute approximate surface area is 307 Å². The molecule has 0 aliphatic rings. The summed E-state index contributed by atoms with van der Waals surface area (Å²) in [6.45, 7) is 0. The van der Waals surface area contributed by atoms with E-state index in [0.717, 1.165) is 39.0 Å². The number of fused-ring (bicyclic) bond motifs is 4. The monoisotopic (exact) mass is 676 g/mol. The number of benzene rings is 8. The average Bonchev–Trinajstić information content (AvgIpc) is 3.57. The lowest BCUT2D eigenvalue weighted by atomic mass is 10.0. The molecule has 248 valence electrons. The minimum Gasteiger partial charge on any atom is -0.309 e. The Morgan fingerprint density at radius 1 is 0.283 bits per heavy atom. The van der Waals surface area contributed by atoms with Gasteiger partial charge in [-0.05, 0) is 45.8 Å². The lowest BCUT2D eigenvalue weighted by molar-refractivity contribution is 1.07. The van der Waals surface area contributed by atoms with Crippen LogP contribution in [0.5, 0.6) is 0 Å². The zero-order valence-electron chi connectivity index (χ0n) is 28.8. The maximum Gasteiger partial charge on any atom is 0.164 e. The fraction of sp³-hybridized carbons (Fsp3) is 0. The van der Waals surface area contributed by atoms with Gasteiger partial charge in [0.2, 0.25) is 0 Å². The van der Waals surface area contributed by atoms with Crippen LogP contribution in [0.15, 0.2) is 194 Å². The van der Waals surface area contributed by atoms with E-state index in [9.17, 15) is 0 Å². The second-order valence-corrected chi connectivity index (χ2v) is 13.3. The largest absolute Gasteiger partial charge is 0.309 e. The molecule has 0 saturated heterocycles. The summed E-state index contributed by atoms with van der Waals surface area (Å²) in [4.78, 5) is 15.2. The summed E-state index contributed by atoms with van der Waals surface area (Å²) in [5.74, 6) is 1.90. The van der Waals surface area contributed by atoms with Crippen molar-refractivity contribution >= 4 is 32.6 Å². The van der Waals surface area contributed by atoms with Gasteiger partial charge in [0.15, 0.2) is 17.5 Å². The molecule has 0 atom stereocenters. The molecule has 0 N–H and O–H groups in total. The van der Waals surface area contributed by atoms with Crippen LogP contribution in [-0.2, 0) is 0 Å². The van der Waals surface area contributed by atoms with Crippen LogP contribution < -0.4 is 0 Å². The van der Waals surface area contributed by atoms with Crippen molar-refractivity contribution in [2.45, 2.75) is 0 Å². The molecular weight excluding hydrogens is 645 g/mol. The molecular formula is C49H32N4. The predicted octanol–water partition coefficient (Wildman–Crippen LogP) is 12.5. The molecule has 8 aromatic carbocycles. The Balaban J connectivity index is 1.19. The molecule has 0 unspecified atom stereocenters. The molecule has 0 aliphatic carbocycles. The van der Waals surface area contributed by atoms with E-state index in [-0.39, 0.29) is 0 Å². The third kappa shape index (κ3) is 5.54. The first-order valence-corrected chi connectivity index (χ1v) is 17.9. The third-order valence-electron chi connectivity index (χ3n) is 10.1. The number of nitrogens with zero attached hydrogens (tertiary/aromatic N) is 4. The van der Waals surface area contributed by atoms with E-state index in [4.69, 9.17) is 15.0 Å². The molecule has 4 nitrogen and oxygen atoms in total. The fourth-order valence-corrected chi connectivity index (χ4v) is 7.42. The van der Waals surface area contributed by atoms with Crippen LogP contribution in [-0.4, -0.2) is 19.5 Å². The molecule has 53 heavy (non-hydrogen) atoms. The van der Waals surface area contributed by atoms with Crippen LogP contribution >= 0.6 is 0 Å². The van der Waals surface area contributed by atoms with Crippen molar-refractivity contribution in [3.63, 3.8) is 0 Å². The molecule has 0 amide bonds. The molecule has 10 aromatic rings. The molecule has 0 bridgehead atoms. The number of rotatable bonds is 6. The van der Waals surface area contributed by atoms with E-state index in [1.807, 2.05) is 36.4 Å². The van der Waals surface area contributed by atoms with Gasteiger partial charge in [0, 0.05) is 32.8 Å². The Morgan fingerprint density at radius 2 is 0.698 bits per heavy atom. The van der Waals surface area contributed by atoms with Gasteiger partial charge in [-0.2, -0.15) is 0 Å². The van der Waals surface area contributed by atoms with Crippen LogP contribution in [0, 0.1) is 0 Å². The predicted molar refractivity (Wildman–Crippen MR) is 219 cm³/mol. The van der Waals surface area contributed by atoms with E-state index in [1.165, 1.54) is 38.2 Å². The Morgan fingerprint density at radius 3 is 1.34 bits per heavy atom. The van der Waals surface area contributed by atoms with Crippen molar-refractivity contribution in [1.82, 2.24) is 19.5 Å². The molecule has 10 rings (SSSR count). The van der Waals surface area contributed by atoms with Gasteiger partial charge in [-0.3, -0.25) is 0 Å². The second-order valence-electron chi connectivity index (χ2n) is 13.3. The summed E-state index contributed by atoms with van der Waals surface area (Å²) in [6, 6.07) is 68.2. The van der Waals surface area contributed by atoms with Gasteiger partial charge in [0.25, 0.3) is 0 Å². The molecule has 0 radical (unpaired) electrons. The van der Waals surface area contributed by atoms with Gasteiger partial charge in [-0.15, -0.1) is 0 Å². The second kappa shape index (κ2) is 12.9. The summed E-state index contributed by atoms with van der Waals surface area (Å²) in [5, 5.41) is 4.75. The van der Waals surface area contributed by atoms with Gasteiger partial charge in [0.05, 0.1) is 16.7 Å². The first-order valence-electron chi connectivity index (χ1n) is 17.9. The summed E-state index contributed by atoms with van der Waals surface area (Å²) in [5.41, 5.74) is 10.9. The number of hydrogen-bond donors (Lipinski definition) is 0. The van der Waals surface area contributed by atoms with Crippen LogP contribution in [0.2, 0.25) is 0 Å². The summed E-state index contributed by atoms with van der Waals surface area (Å²) in [6.07, 6.45) is 0. The highest BCUT2D eigenvalue weighted by Crippen LogP contribution is 2.38. The summed E-state index contributed by atoms with van der Waals surface area (Å²) < 4.78 is 2.41. The Hall–Kier alpha value is -7.17. The van der Waals surface area contributed by atoms with Gasteiger partial charge < -0.3 is 4.57 Å². The summed E-state index contributed by atoms with van der Waals surface area (Å²) in [7, 11) is 0. The van der Waals surface area contributed by atoms with E-state index in [1.54, 1.807) is 0 Å². The van der Waals surface area contributed by atoms with Gasteiger partial charge >= 0.3 is 0 Å². The topological polar surface area (TPSA) is 43.6 Å². The summed E-state index contributed by atoms with van der Waals surface area (Å²) >= 11 is 0. The van der Waals surface area contributed by atoms with E-state index in [2.05, 4.69) is 162 Å². The maximum absolute atomic E-state index is 5.14. The molecule has 0 spiro atoms. The smallest absolute Gasteiger partial charge is 0.164 e. The molecule has 2 heterocycles. The third-order valence-corrected chi connectivity index (χ3v) is 10.1. The molecule has 4 heteroatoms. The highest BCUT2D eigenvalue weighted by atomic mass is 15.0. The first-order chi connectivity index (χ1) is 26.3. The lowest BCUT2D eigenvalue weighted by Crippen LogP contribution is -2.00. The molecule has 0 fully saturated rings. The first kappa shape index (κ1) is 30.6. The van der Waals surface area contributed by atoms with Crippen molar-refractivity contribution in [1.29, 1.82) is 0 Å². The van der Waals surface area contributed by atoms with Gasteiger partial charge in [0.1, 0.15) is 0 Å². The Bertz CT molecular complexity index is 2910. The highest BCUT2D eigenvalue weighted by Gasteiger charge is 2.18. The molecule has 0 saturated carbocycles. The standard InChI is InChI=1S/C49H32N4/c1-4-13-33(14-5-1)35-23-25-38(26-24-35)48-50-47(37-18-8-3-9-19-37)51-49(52-48)40-28-30-43-42-29-27-39(34-15-6-2-7-16-34)31-45(42)53(46(43)32-40)44-22-12-20-36-17-10-11-21-41(36)44/h1-32H. The van der Waals surface area contributed by atoms with Crippen LogP contribution in [0.1, 0.15) is 0 Å². The van der Waals surface area contributed by atoms with Crippen molar-refractivity contribution in [3.05, 3.63) is 194 Å². The van der Waals surface area contributed by atoms with Crippen LogP contribution in [0.4, 0.5) is 0 Å². The fourth-order valence-electron chi connectivity index (χ4n) is 7.42. The molecule has 0 aliphatic heterocycles. The SMILES string of the molecule is c1ccc(-c2ccc(-c3nc(-c4ccccc4)nc(-c4ccc5c6ccc(-c7ccccc7)cc6n(-c6cccc7ccccc67)c5c4)n3)cc2)cc1. The zero-order valence-corrected chi connectivity index (χ0v) is 28.8. The minimum atomic E-state index is 0.627. The maximum atomic E-state index is 5.14.